The van der Waals surface area contributed by atoms with Crippen molar-refractivity contribution in [2.24, 2.45) is 0 Å². The van der Waals surface area contributed by atoms with Gasteiger partial charge in [-0.05, 0) is 0 Å². The van der Waals surface area contributed by atoms with Crippen LogP contribution in [0.4, 0.5) is 0 Å². The van der Waals surface area contributed by atoms with Gasteiger partial charge in [0.05, 0.1) is 23.6 Å². The van der Waals surface area contributed by atoms with Gasteiger partial charge in [0.15, 0.2) is 5.78 Å². The summed E-state index contributed by atoms with van der Waals surface area (Å²) in [6.45, 7) is 1.50. The highest BCUT2D eigenvalue weighted by Crippen LogP contribution is 2.27. The van der Waals surface area contributed by atoms with Gasteiger partial charge in [-0.1, -0.05) is 24.3 Å². The zero-order chi connectivity index (χ0) is 15.7. The van der Waals surface area contributed by atoms with Gasteiger partial charge in [-0.25, -0.2) is 0 Å². The van der Waals surface area contributed by atoms with Crippen molar-refractivity contribution in [3.05, 3.63) is 59.1 Å². The van der Waals surface area contributed by atoms with Crippen LogP contribution in [0, 0.1) is 0 Å². The van der Waals surface area contributed by atoms with Crippen LogP contribution < -0.4 is 10.6 Å². The minimum Gasteiger partial charge on any atom is -0.497 e. The molecule has 0 saturated heterocycles. The van der Waals surface area contributed by atoms with Crippen molar-refractivity contribution in [1.29, 1.82) is 0 Å². The molecule has 2 N–H and O–H groups in total. The second kappa shape index (κ2) is 5.48. The van der Waals surface area contributed by atoms with Crippen molar-refractivity contribution in [2.75, 3.05) is 6.61 Å². The summed E-state index contributed by atoms with van der Waals surface area (Å²) in [5, 5.41) is 5.49. The molecule has 1 amide bonds. The molecule has 0 spiro atoms. The molecule has 1 aromatic carbocycles. The monoisotopic (exact) mass is 298 g/mol. The molecule has 22 heavy (non-hydrogen) atoms. The van der Waals surface area contributed by atoms with Gasteiger partial charge in [0.1, 0.15) is 6.61 Å². The maximum atomic E-state index is 12.8. The van der Waals surface area contributed by atoms with E-state index in [0.29, 0.717) is 11.1 Å². The summed E-state index contributed by atoms with van der Waals surface area (Å²) in [6.07, 6.45) is 3.03. The minimum atomic E-state index is -0.489. The van der Waals surface area contributed by atoms with Crippen LogP contribution in [0.25, 0.3) is 0 Å². The van der Waals surface area contributed by atoms with E-state index in [4.69, 9.17) is 4.74 Å². The molecule has 1 aromatic rings. The Morgan fingerprint density at radius 2 is 1.91 bits per heavy atom. The van der Waals surface area contributed by atoms with Gasteiger partial charge in [0, 0.05) is 24.3 Å². The van der Waals surface area contributed by atoms with Crippen LogP contribution in [-0.4, -0.2) is 30.1 Å². The normalized spacial score (nSPS) is 20.1. The standard InChI is InChI=1S/C16H14N2O4/c1-9(19)18-14-13(12-8-22-7-6-17-12)15(20)10-4-2-3-5-11(10)16(14)21/h2-7,12,17H,8H2,1H3,(H,18,19). The Kier molecular flexibility index (Phi) is 3.50. The first-order valence-corrected chi connectivity index (χ1v) is 6.82. The molecule has 0 bridgehead atoms. The molecule has 1 aliphatic heterocycles. The number of allylic oxidation sites excluding steroid dienone is 1. The Bertz CT molecular complexity index is 733. The summed E-state index contributed by atoms with van der Waals surface area (Å²) in [6, 6.07) is 6.09. The first-order chi connectivity index (χ1) is 10.6. The van der Waals surface area contributed by atoms with Crippen molar-refractivity contribution in [3.8, 4) is 0 Å². The van der Waals surface area contributed by atoms with Gasteiger partial charge in [-0.3, -0.25) is 14.4 Å². The molecule has 2 aliphatic rings. The number of Topliss-reactive ketones (excluding diaryl/α,β-unsaturated/α-hetero) is 2. The third-order valence-corrected chi connectivity index (χ3v) is 3.53. The topological polar surface area (TPSA) is 84.5 Å². The lowest BCUT2D eigenvalue weighted by Gasteiger charge is -2.28. The largest absolute Gasteiger partial charge is 0.497 e. The molecule has 6 heteroatoms. The van der Waals surface area contributed by atoms with E-state index in [2.05, 4.69) is 10.6 Å². The van der Waals surface area contributed by atoms with Crippen LogP contribution in [0.1, 0.15) is 27.6 Å². The molecule has 1 unspecified atom stereocenters. The van der Waals surface area contributed by atoms with Crippen LogP contribution in [0.5, 0.6) is 0 Å². The second-order valence-corrected chi connectivity index (χ2v) is 5.03. The lowest BCUT2D eigenvalue weighted by Crippen LogP contribution is -2.43. The Morgan fingerprint density at radius 1 is 1.23 bits per heavy atom. The highest BCUT2D eigenvalue weighted by Gasteiger charge is 2.36. The number of ketones is 2. The summed E-state index contributed by atoms with van der Waals surface area (Å²) in [4.78, 5) is 36.8. The van der Waals surface area contributed by atoms with E-state index in [1.54, 1.807) is 30.5 Å². The predicted molar refractivity (Wildman–Crippen MR) is 78.0 cm³/mol. The van der Waals surface area contributed by atoms with Crippen LogP contribution in [0.15, 0.2) is 48.0 Å². The SMILES string of the molecule is CC(=O)NC1=C(C2COC=CN2)C(=O)c2ccccc2C1=O. The van der Waals surface area contributed by atoms with E-state index in [9.17, 15) is 14.4 Å². The van der Waals surface area contributed by atoms with E-state index < -0.39 is 11.9 Å². The van der Waals surface area contributed by atoms with Crippen LogP contribution in [-0.2, 0) is 9.53 Å². The predicted octanol–water partition coefficient (Wildman–Crippen LogP) is 0.915. The molecule has 0 saturated carbocycles. The molecule has 1 heterocycles. The van der Waals surface area contributed by atoms with Gasteiger partial charge in [0.2, 0.25) is 11.7 Å². The fourth-order valence-electron chi connectivity index (χ4n) is 2.60. The first-order valence-electron chi connectivity index (χ1n) is 6.82. The van der Waals surface area contributed by atoms with E-state index in [1.165, 1.54) is 13.2 Å². The molecule has 0 aromatic heterocycles. The highest BCUT2D eigenvalue weighted by molar-refractivity contribution is 6.27. The number of nitrogens with one attached hydrogen (secondary N) is 2. The molecule has 1 atom stereocenters. The molecule has 1 aliphatic carbocycles. The number of benzene rings is 1. The molecule has 112 valence electrons. The average Bonchev–Trinajstić information content (AvgIpc) is 2.53. The number of rotatable bonds is 2. The Balaban J connectivity index is 2.14. The fourth-order valence-corrected chi connectivity index (χ4v) is 2.60. The fraction of sp³-hybridized carbons (Fsp3) is 0.188. The van der Waals surface area contributed by atoms with E-state index >= 15 is 0 Å². The smallest absolute Gasteiger partial charge is 0.221 e. The zero-order valence-corrected chi connectivity index (χ0v) is 11.9. The van der Waals surface area contributed by atoms with Gasteiger partial charge < -0.3 is 15.4 Å². The van der Waals surface area contributed by atoms with Crippen LogP contribution in [0.2, 0.25) is 0 Å². The molecule has 0 fully saturated rings. The molecular weight excluding hydrogens is 284 g/mol. The Hall–Kier alpha value is -2.89. The summed E-state index contributed by atoms with van der Waals surface area (Å²) in [7, 11) is 0. The van der Waals surface area contributed by atoms with Crippen LogP contribution >= 0.6 is 0 Å². The van der Waals surface area contributed by atoms with Crippen molar-refractivity contribution in [2.45, 2.75) is 13.0 Å². The number of hydrogen-bond acceptors (Lipinski definition) is 5. The van der Waals surface area contributed by atoms with Crippen molar-refractivity contribution in [1.82, 2.24) is 10.6 Å². The summed E-state index contributed by atoms with van der Waals surface area (Å²) in [5.74, 6) is -1.05. The highest BCUT2D eigenvalue weighted by atomic mass is 16.5. The van der Waals surface area contributed by atoms with Crippen LogP contribution in [0.3, 0.4) is 0 Å². The number of amides is 1. The average molecular weight is 298 g/mol. The van der Waals surface area contributed by atoms with Gasteiger partial charge in [-0.2, -0.15) is 0 Å². The van der Waals surface area contributed by atoms with E-state index in [1.807, 2.05) is 0 Å². The van der Waals surface area contributed by atoms with Crippen molar-refractivity contribution in [3.63, 3.8) is 0 Å². The van der Waals surface area contributed by atoms with E-state index in [-0.39, 0.29) is 29.4 Å². The minimum absolute atomic E-state index is 0.0209. The Morgan fingerprint density at radius 3 is 2.50 bits per heavy atom. The summed E-state index contributed by atoms with van der Waals surface area (Å²) < 4.78 is 5.21. The van der Waals surface area contributed by atoms with Crippen molar-refractivity contribution >= 4 is 17.5 Å². The zero-order valence-electron chi connectivity index (χ0n) is 11.9. The molecule has 3 rings (SSSR count). The number of hydrogen-bond donors (Lipinski definition) is 2. The van der Waals surface area contributed by atoms with Gasteiger partial charge in [0.25, 0.3) is 0 Å². The number of carbonyl (C=O) groups is 3. The summed E-state index contributed by atoms with van der Waals surface area (Å²) >= 11 is 0. The lowest BCUT2D eigenvalue weighted by molar-refractivity contribution is -0.118. The number of carbonyl (C=O) groups excluding carboxylic acids is 3. The first kappa shape index (κ1) is 14.1. The maximum absolute atomic E-state index is 12.8. The Labute approximate surface area is 126 Å². The number of fused-ring (bicyclic) bond motifs is 1. The van der Waals surface area contributed by atoms with Gasteiger partial charge >= 0.3 is 0 Å². The quantitative estimate of drug-likeness (QED) is 0.848. The maximum Gasteiger partial charge on any atom is 0.221 e. The summed E-state index contributed by atoms with van der Waals surface area (Å²) in [5.41, 5.74) is 0.885. The van der Waals surface area contributed by atoms with Crippen molar-refractivity contribution < 1.29 is 19.1 Å². The molecule has 0 radical (unpaired) electrons. The lowest BCUT2D eigenvalue weighted by atomic mass is 9.84. The molecular formula is C16H14N2O4. The third-order valence-electron chi connectivity index (χ3n) is 3.53. The van der Waals surface area contributed by atoms with E-state index in [0.717, 1.165) is 0 Å². The molecule has 6 nitrogen and oxygen atoms in total. The van der Waals surface area contributed by atoms with Gasteiger partial charge in [-0.15, -0.1) is 0 Å². The second-order valence-electron chi connectivity index (χ2n) is 5.03. The third kappa shape index (κ3) is 2.28. The number of ether oxygens (including phenoxy) is 1.